The molecule has 0 spiro atoms. The summed E-state index contributed by atoms with van der Waals surface area (Å²) >= 11 is 0. The number of carbonyl (C=O) groups is 1. The van der Waals surface area contributed by atoms with Gasteiger partial charge in [-0.25, -0.2) is 4.79 Å². The van der Waals surface area contributed by atoms with Crippen molar-refractivity contribution in [2.45, 2.75) is 25.3 Å². The van der Waals surface area contributed by atoms with E-state index in [4.69, 9.17) is 0 Å². The number of nitrogens with zero attached hydrogens (tertiary/aromatic N) is 1. The molecule has 13 heavy (non-hydrogen) atoms. The molecule has 0 aliphatic carbocycles. The van der Waals surface area contributed by atoms with Crippen molar-refractivity contribution in [1.82, 2.24) is 4.90 Å². The third kappa shape index (κ3) is 2.56. The zero-order valence-electron chi connectivity index (χ0n) is 8.38. The van der Waals surface area contributed by atoms with Crippen LogP contribution in [0.1, 0.15) is 19.3 Å². The van der Waals surface area contributed by atoms with Crippen LogP contribution in [0.15, 0.2) is 12.2 Å². The lowest BCUT2D eigenvalue weighted by Gasteiger charge is -2.19. The second-order valence-corrected chi connectivity index (χ2v) is 3.58. The Morgan fingerprint density at radius 3 is 2.85 bits per heavy atom. The van der Waals surface area contributed by atoms with E-state index in [0.29, 0.717) is 11.6 Å². The maximum Gasteiger partial charge on any atom is 0.333 e. The molecule has 0 saturated carbocycles. The van der Waals surface area contributed by atoms with Gasteiger partial charge in [-0.15, -0.1) is 0 Å². The van der Waals surface area contributed by atoms with Gasteiger partial charge in [0, 0.05) is 11.6 Å². The first kappa shape index (κ1) is 10.3. The van der Waals surface area contributed by atoms with Gasteiger partial charge >= 0.3 is 5.97 Å². The van der Waals surface area contributed by atoms with Gasteiger partial charge < -0.3 is 9.64 Å². The molecule has 1 heterocycles. The maximum absolute atomic E-state index is 11.1. The van der Waals surface area contributed by atoms with Crippen molar-refractivity contribution in [2.75, 3.05) is 20.7 Å². The standard InChI is InChI=1S/C10H17NO2/c1-8(10(12)13-3)7-9-5-4-6-11(9)2/h9H,1,4-7H2,2-3H3. The second kappa shape index (κ2) is 4.42. The summed E-state index contributed by atoms with van der Waals surface area (Å²) in [6.45, 7) is 4.85. The number of hydrogen-bond donors (Lipinski definition) is 0. The first-order valence-electron chi connectivity index (χ1n) is 4.61. The topological polar surface area (TPSA) is 29.5 Å². The third-order valence-corrected chi connectivity index (χ3v) is 2.63. The van der Waals surface area contributed by atoms with Gasteiger partial charge in [-0.2, -0.15) is 0 Å². The van der Waals surface area contributed by atoms with Gasteiger partial charge in [0.2, 0.25) is 0 Å². The zero-order chi connectivity index (χ0) is 9.84. The molecule has 0 bridgehead atoms. The Kier molecular flexibility index (Phi) is 3.48. The fraction of sp³-hybridized carbons (Fsp3) is 0.700. The quantitative estimate of drug-likeness (QED) is 0.486. The van der Waals surface area contributed by atoms with Crippen molar-refractivity contribution in [3.8, 4) is 0 Å². The Labute approximate surface area is 79.4 Å². The van der Waals surface area contributed by atoms with Crippen molar-refractivity contribution in [3.05, 3.63) is 12.2 Å². The van der Waals surface area contributed by atoms with Crippen molar-refractivity contribution < 1.29 is 9.53 Å². The molecular formula is C10H17NO2. The van der Waals surface area contributed by atoms with E-state index in [1.54, 1.807) is 0 Å². The van der Waals surface area contributed by atoms with E-state index in [2.05, 4.69) is 23.3 Å². The van der Waals surface area contributed by atoms with Gasteiger partial charge in [-0.3, -0.25) is 0 Å². The van der Waals surface area contributed by atoms with Crippen LogP contribution in [0.25, 0.3) is 0 Å². The number of ether oxygens (including phenoxy) is 1. The molecular weight excluding hydrogens is 166 g/mol. The molecule has 0 aromatic heterocycles. The first-order valence-corrected chi connectivity index (χ1v) is 4.61. The van der Waals surface area contributed by atoms with Crippen LogP contribution >= 0.6 is 0 Å². The molecule has 3 nitrogen and oxygen atoms in total. The van der Waals surface area contributed by atoms with Crippen LogP contribution in [-0.4, -0.2) is 37.6 Å². The van der Waals surface area contributed by atoms with Crippen LogP contribution in [0.3, 0.4) is 0 Å². The molecule has 1 unspecified atom stereocenters. The SMILES string of the molecule is C=C(CC1CCCN1C)C(=O)OC. The van der Waals surface area contributed by atoms with Crippen molar-refractivity contribution in [2.24, 2.45) is 0 Å². The molecule has 1 fully saturated rings. The molecule has 1 aliphatic heterocycles. The Morgan fingerprint density at radius 2 is 2.38 bits per heavy atom. The molecule has 1 aliphatic rings. The van der Waals surface area contributed by atoms with Crippen LogP contribution in [0.5, 0.6) is 0 Å². The lowest BCUT2D eigenvalue weighted by Crippen LogP contribution is -2.26. The van der Waals surface area contributed by atoms with Crippen LogP contribution in [0.2, 0.25) is 0 Å². The molecule has 3 heteroatoms. The smallest absolute Gasteiger partial charge is 0.333 e. The number of carbonyl (C=O) groups excluding carboxylic acids is 1. The maximum atomic E-state index is 11.1. The number of likely N-dealkylation sites (tertiary alicyclic amines) is 1. The van der Waals surface area contributed by atoms with Crippen LogP contribution in [0.4, 0.5) is 0 Å². The van der Waals surface area contributed by atoms with Gasteiger partial charge in [0.15, 0.2) is 0 Å². The fourth-order valence-electron chi connectivity index (χ4n) is 1.75. The van der Waals surface area contributed by atoms with E-state index in [-0.39, 0.29) is 5.97 Å². The number of hydrogen-bond acceptors (Lipinski definition) is 3. The summed E-state index contributed by atoms with van der Waals surface area (Å²) in [4.78, 5) is 13.3. The molecule has 0 aromatic rings. The first-order chi connectivity index (χ1) is 6.15. The largest absolute Gasteiger partial charge is 0.466 e. The van der Waals surface area contributed by atoms with Crippen molar-refractivity contribution in [3.63, 3.8) is 0 Å². The van der Waals surface area contributed by atoms with Gasteiger partial charge in [0.25, 0.3) is 0 Å². The molecule has 0 radical (unpaired) electrons. The zero-order valence-corrected chi connectivity index (χ0v) is 8.38. The Hall–Kier alpha value is -0.830. The predicted molar refractivity (Wildman–Crippen MR) is 51.4 cm³/mol. The molecule has 74 valence electrons. The minimum Gasteiger partial charge on any atom is -0.466 e. The minimum atomic E-state index is -0.277. The van der Waals surface area contributed by atoms with E-state index in [1.807, 2.05) is 0 Å². The summed E-state index contributed by atoms with van der Waals surface area (Å²) in [5.74, 6) is -0.277. The van der Waals surface area contributed by atoms with E-state index in [9.17, 15) is 4.79 Å². The van der Waals surface area contributed by atoms with E-state index >= 15 is 0 Å². The highest BCUT2D eigenvalue weighted by Gasteiger charge is 2.23. The molecule has 1 rings (SSSR count). The number of methoxy groups -OCH3 is 1. The van der Waals surface area contributed by atoms with Crippen LogP contribution < -0.4 is 0 Å². The average molecular weight is 183 g/mol. The Morgan fingerprint density at radius 1 is 1.69 bits per heavy atom. The predicted octanol–water partition coefficient (Wildman–Crippen LogP) is 1.20. The summed E-state index contributed by atoms with van der Waals surface area (Å²) in [6.07, 6.45) is 3.12. The highest BCUT2D eigenvalue weighted by Crippen LogP contribution is 2.21. The van der Waals surface area contributed by atoms with Crippen LogP contribution in [-0.2, 0) is 9.53 Å². The van der Waals surface area contributed by atoms with Gasteiger partial charge in [0.1, 0.15) is 0 Å². The summed E-state index contributed by atoms with van der Waals surface area (Å²) in [5, 5.41) is 0. The number of esters is 1. The monoisotopic (exact) mass is 183 g/mol. The van der Waals surface area contributed by atoms with Crippen molar-refractivity contribution in [1.29, 1.82) is 0 Å². The highest BCUT2D eigenvalue weighted by atomic mass is 16.5. The van der Waals surface area contributed by atoms with E-state index in [0.717, 1.165) is 19.4 Å². The lowest BCUT2D eigenvalue weighted by atomic mass is 10.1. The molecule has 0 amide bonds. The summed E-state index contributed by atoms with van der Waals surface area (Å²) < 4.78 is 4.60. The molecule has 1 saturated heterocycles. The van der Waals surface area contributed by atoms with E-state index in [1.165, 1.54) is 13.5 Å². The summed E-state index contributed by atoms with van der Waals surface area (Å²) in [5.41, 5.74) is 0.584. The number of rotatable bonds is 3. The van der Waals surface area contributed by atoms with Gasteiger partial charge in [-0.1, -0.05) is 6.58 Å². The van der Waals surface area contributed by atoms with Gasteiger partial charge in [-0.05, 0) is 32.9 Å². The normalized spacial score (nSPS) is 23.1. The van der Waals surface area contributed by atoms with E-state index < -0.39 is 0 Å². The lowest BCUT2D eigenvalue weighted by molar-refractivity contribution is -0.136. The Balaban J connectivity index is 2.39. The highest BCUT2D eigenvalue weighted by molar-refractivity contribution is 5.87. The second-order valence-electron chi connectivity index (χ2n) is 3.58. The van der Waals surface area contributed by atoms with Gasteiger partial charge in [0.05, 0.1) is 7.11 Å². The summed E-state index contributed by atoms with van der Waals surface area (Å²) in [6, 6.07) is 0.478. The van der Waals surface area contributed by atoms with Crippen molar-refractivity contribution >= 4 is 5.97 Å². The summed E-state index contributed by atoms with van der Waals surface area (Å²) in [7, 11) is 3.48. The fourth-order valence-corrected chi connectivity index (χ4v) is 1.75. The minimum absolute atomic E-state index is 0.277. The average Bonchev–Trinajstić information content (AvgIpc) is 2.50. The Bertz CT molecular complexity index is 213. The van der Waals surface area contributed by atoms with Crippen LogP contribution in [0, 0.1) is 0 Å². The molecule has 0 N–H and O–H groups in total. The molecule has 0 aromatic carbocycles. The molecule has 1 atom stereocenters. The third-order valence-electron chi connectivity index (χ3n) is 2.63.